The molecule has 1 aliphatic heterocycles. The standard InChI is InChI=1S/C19H19N5OS/c25-18(15-3-4-17(22-13-15)16-5-12-26-14-16)23-8-2-9-24(11-10-23)19-20-6-1-7-21-19/h1,3-7,12-14H,2,8-11H2. The number of hydrogen-bond acceptors (Lipinski definition) is 6. The summed E-state index contributed by atoms with van der Waals surface area (Å²) < 4.78 is 0. The van der Waals surface area contributed by atoms with Crippen LogP contribution in [-0.2, 0) is 0 Å². The van der Waals surface area contributed by atoms with E-state index in [1.54, 1.807) is 29.9 Å². The summed E-state index contributed by atoms with van der Waals surface area (Å²) in [5, 5.41) is 4.08. The van der Waals surface area contributed by atoms with Crippen LogP contribution in [0.5, 0.6) is 0 Å². The van der Waals surface area contributed by atoms with E-state index in [0.29, 0.717) is 12.1 Å². The highest BCUT2D eigenvalue weighted by Crippen LogP contribution is 2.20. The highest BCUT2D eigenvalue weighted by molar-refractivity contribution is 7.08. The number of aromatic nitrogens is 3. The molecule has 3 aromatic rings. The average Bonchev–Trinajstić information content (AvgIpc) is 3.13. The summed E-state index contributed by atoms with van der Waals surface area (Å²) >= 11 is 1.64. The SMILES string of the molecule is O=C(c1ccc(-c2ccsc2)nc1)N1CCCN(c2ncccn2)CC1. The number of pyridine rings is 1. The fourth-order valence-electron chi connectivity index (χ4n) is 3.06. The van der Waals surface area contributed by atoms with Crippen molar-refractivity contribution in [2.75, 3.05) is 31.1 Å². The Labute approximate surface area is 156 Å². The van der Waals surface area contributed by atoms with Gasteiger partial charge in [-0.2, -0.15) is 11.3 Å². The number of hydrogen-bond donors (Lipinski definition) is 0. The van der Waals surface area contributed by atoms with E-state index in [-0.39, 0.29) is 5.91 Å². The van der Waals surface area contributed by atoms with Gasteiger partial charge < -0.3 is 9.80 Å². The lowest BCUT2D eigenvalue weighted by Crippen LogP contribution is -2.35. The maximum atomic E-state index is 12.8. The maximum Gasteiger partial charge on any atom is 0.255 e. The smallest absolute Gasteiger partial charge is 0.255 e. The fraction of sp³-hybridized carbons (Fsp3) is 0.263. The predicted molar refractivity (Wildman–Crippen MR) is 102 cm³/mol. The summed E-state index contributed by atoms with van der Waals surface area (Å²) in [6.07, 6.45) is 6.07. The summed E-state index contributed by atoms with van der Waals surface area (Å²) in [5.41, 5.74) is 2.61. The fourth-order valence-corrected chi connectivity index (χ4v) is 3.71. The molecule has 132 valence electrons. The van der Waals surface area contributed by atoms with Gasteiger partial charge in [0.1, 0.15) is 0 Å². The van der Waals surface area contributed by atoms with Crippen molar-refractivity contribution in [2.45, 2.75) is 6.42 Å². The first-order chi connectivity index (χ1) is 12.8. The third-order valence-corrected chi connectivity index (χ3v) is 5.13. The molecule has 4 heterocycles. The Hall–Kier alpha value is -2.80. The summed E-state index contributed by atoms with van der Waals surface area (Å²) in [6, 6.07) is 7.62. The van der Waals surface area contributed by atoms with Crippen LogP contribution in [0.15, 0.2) is 53.6 Å². The third-order valence-electron chi connectivity index (χ3n) is 4.45. The molecule has 0 saturated carbocycles. The van der Waals surface area contributed by atoms with Crippen LogP contribution in [0.4, 0.5) is 5.95 Å². The first-order valence-electron chi connectivity index (χ1n) is 8.61. The molecule has 3 aromatic heterocycles. The minimum Gasteiger partial charge on any atom is -0.339 e. The van der Waals surface area contributed by atoms with Crippen LogP contribution in [-0.4, -0.2) is 51.9 Å². The summed E-state index contributed by atoms with van der Waals surface area (Å²) in [4.78, 5) is 29.9. The Bertz CT molecular complexity index is 851. The summed E-state index contributed by atoms with van der Waals surface area (Å²) in [6.45, 7) is 2.97. The molecule has 1 amide bonds. The van der Waals surface area contributed by atoms with Crippen molar-refractivity contribution in [1.82, 2.24) is 19.9 Å². The van der Waals surface area contributed by atoms with Gasteiger partial charge in [-0.1, -0.05) is 0 Å². The Kier molecular flexibility index (Phi) is 4.88. The molecular weight excluding hydrogens is 346 g/mol. The second-order valence-corrected chi connectivity index (χ2v) is 6.91. The molecule has 1 fully saturated rings. The van der Waals surface area contributed by atoms with Gasteiger partial charge in [-0.05, 0) is 36.1 Å². The van der Waals surface area contributed by atoms with E-state index in [4.69, 9.17) is 0 Å². The van der Waals surface area contributed by atoms with Gasteiger partial charge in [0.15, 0.2) is 0 Å². The van der Waals surface area contributed by atoms with Crippen LogP contribution in [0.3, 0.4) is 0 Å². The van der Waals surface area contributed by atoms with Gasteiger partial charge in [0.2, 0.25) is 5.95 Å². The quantitative estimate of drug-likeness (QED) is 0.714. The van der Waals surface area contributed by atoms with Gasteiger partial charge in [0, 0.05) is 55.7 Å². The minimum atomic E-state index is 0.0326. The second kappa shape index (κ2) is 7.61. The molecule has 1 saturated heterocycles. The van der Waals surface area contributed by atoms with E-state index in [9.17, 15) is 4.79 Å². The van der Waals surface area contributed by atoms with Gasteiger partial charge in [0.05, 0.1) is 11.3 Å². The zero-order valence-electron chi connectivity index (χ0n) is 14.3. The van der Waals surface area contributed by atoms with Gasteiger partial charge in [0.25, 0.3) is 5.91 Å². The van der Waals surface area contributed by atoms with Crippen molar-refractivity contribution in [3.63, 3.8) is 0 Å². The molecule has 0 spiro atoms. The van der Waals surface area contributed by atoms with Crippen LogP contribution in [0.2, 0.25) is 0 Å². The molecule has 0 atom stereocenters. The lowest BCUT2D eigenvalue weighted by molar-refractivity contribution is 0.0766. The average molecular weight is 365 g/mol. The lowest BCUT2D eigenvalue weighted by Gasteiger charge is -2.22. The van der Waals surface area contributed by atoms with Crippen molar-refractivity contribution in [1.29, 1.82) is 0 Å². The van der Waals surface area contributed by atoms with E-state index in [1.807, 2.05) is 34.5 Å². The molecule has 0 aromatic carbocycles. The van der Waals surface area contributed by atoms with E-state index >= 15 is 0 Å². The molecule has 0 N–H and O–H groups in total. The minimum absolute atomic E-state index is 0.0326. The Morgan fingerprint density at radius 2 is 1.88 bits per heavy atom. The maximum absolute atomic E-state index is 12.8. The van der Waals surface area contributed by atoms with Gasteiger partial charge in [-0.3, -0.25) is 9.78 Å². The monoisotopic (exact) mass is 365 g/mol. The van der Waals surface area contributed by atoms with E-state index < -0.39 is 0 Å². The van der Waals surface area contributed by atoms with Gasteiger partial charge >= 0.3 is 0 Å². The molecule has 0 bridgehead atoms. The number of thiophene rings is 1. The number of anilines is 1. The molecule has 1 aliphatic rings. The molecule has 26 heavy (non-hydrogen) atoms. The van der Waals surface area contributed by atoms with Crippen molar-refractivity contribution in [3.8, 4) is 11.3 Å². The zero-order chi connectivity index (χ0) is 17.8. The third kappa shape index (κ3) is 3.57. The number of rotatable bonds is 3. The number of nitrogens with zero attached hydrogens (tertiary/aromatic N) is 5. The van der Waals surface area contributed by atoms with Gasteiger partial charge in [-0.25, -0.2) is 9.97 Å². The van der Waals surface area contributed by atoms with Crippen LogP contribution in [0.1, 0.15) is 16.8 Å². The van der Waals surface area contributed by atoms with Crippen LogP contribution in [0.25, 0.3) is 11.3 Å². The zero-order valence-corrected chi connectivity index (χ0v) is 15.1. The molecule has 6 nitrogen and oxygen atoms in total. The van der Waals surface area contributed by atoms with Crippen LogP contribution in [0, 0.1) is 0 Å². The van der Waals surface area contributed by atoms with E-state index in [2.05, 4.69) is 25.2 Å². The topological polar surface area (TPSA) is 62.2 Å². The molecular formula is C19H19N5OS. The Balaban J connectivity index is 1.43. The number of amides is 1. The highest BCUT2D eigenvalue weighted by Gasteiger charge is 2.21. The molecule has 7 heteroatoms. The lowest BCUT2D eigenvalue weighted by atomic mass is 10.1. The summed E-state index contributed by atoms with van der Waals surface area (Å²) in [7, 11) is 0. The molecule has 0 unspecified atom stereocenters. The van der Waals surface area contributed by atoms with Crippen molar-refractivity contribution < 1.29 is 4.79 Å². The summed E-state index contributed by atoms with van der Waals surface area (Å²) in [5.74, 6) is 0.758. The first-order valence-corrected chi connectivity index (χ1v) is 9.55. The Morgan fingerprint density at radius 3 is 2.62 bits per heavy atom. The number of carbonyl (C=O) groups is 1. The van der Waals surface area contributed by atoms with E-state index in [1.165, 1.54) is 0 Å². The van der Waals surface area contributed by atoms with Crippen molar-refractivity contribution >= 4 is 23.2 Å². The van der Waals surface area contributed by atoms with E-state index in [0.717, 1.165) is 43.3 Å². The molecule has 4 rings (SSSR count). The molecule has 0 aliphatic carbocycles. The largest absolute Gasteiger partial charge is 0.339 e. The highest BCUT2D eigenvalue weighted by atomic mass is 32.1. The Morgan fingerprint density at radius 1 is 1.00 bits per heavy atom. The van der Waals surface area contributed by atoms with Crippen LogP contribution < -0.4 is 4.90 Å². The van der Waals surface area contributed by atoms with Gasteiger partial charge in [-0.15, -0.1) is 0 Å². The second-order valence-electron chi connectivity index (χ2n) is 6.13. The van der Waals surface area contributed by atoms with Crippen molar-refractivity contribution in [2.24, 2.45) is 0 Å². The van der Waals surface area contributed by atoms with Crippen LogP contribution >= 0.6 is 11.3 Å². The normalized spacial score (nSPS) is 14.9. The molecule has 0 radical (unpaired) electrons. The van der Waals surface area contributed by atoms with Crippen molar-refractivity contribution in [3.05, 3.63) is 59.2 Å². The number of carbonyl (C=O) groups excluding carboxylic acids is 1. The first kappa shape index (κ1) is 16.7. The predicted octanol–water partition coefficient (Wildman–Crippen LogP) is 2.95.